The third kappa shape index (κ3) is 4.30. The summed E-state index contributed by atoms with van der Waals surface area (Å²) in [4.78, 5) is 7.54. The SMILES string of the molecule is Cc1ccc(S(=O)(=O)C2CCN(c3nc(Cc4c(C)cccc4C)cs3)CC2)cc1. The zero-order valence-electron chi connectivity index (χ0n) is 17.8. The van der Waals surface area contributed by atoms with Gasteiger partial charge in [-0.3, -0.25) is 0 Å². The maximum atomic E-state index is 13.0. The zero-order valence-corrected chi connectivity index (χ0v) is 19.4. The number of aromatic nitrogens is 1. The standard InChI is InChI=1S/C24H28N2O2S2/c1-17-7-9-21(10-8-17)30(27,28)22-11-13-26(14-12-22)24-25-20(16-29-24)15-23-18(2)5-4-6-19(23)3/h4-10,16,22H,11-15H2,1-3H3. The van der Waals surface area contributed by atoms with E-state index in [9.17, 15) is 8.42 Å². The molecule has 0 aliphatic carbocycles. The van der Waals surface area contributed by atoms with Crippen LogP contribution < -0.4 is 4.90 Å². The number of piperidine rings is 1. The Kier molecular flexibility index (Phi) is 5.98. The first-order valence-electron chi connectivity index (χ1n) is 10.4. The van der Waals surface area contributed by atoms with E-state index in [0.717, 1.165) is 35.9 Å². The van der Waals surface area contributed by atoms with E-state index in [1.165, 1.54) is 16.7 Å². The van der Waals surface area contributed by atoms with Gasteiger partial charge >= 0.3 is 0 Å². The van der Waals surface area contributed by atoms with Gasteiger partial charge in [0.15, 0.2) is 15.0 Å². The van der Waals surface area contributed by atoms with Crippen LogP contribution in [0.2, 0.25) is 0 Å². The topological polar surface area (TPSA) is 50.3 Å². The van der Waals surface area contributed by atoms with Gasteiger partial charge in [-0.05, 0) is 62.4 Å². The molecule has 0 radical (unpaired) electrons. The van der Waals surface area contributed by atoms with E-state index in [1.54, 1.807) is 23.5 Å². The predicted molar refractivity (Wildman–Crippen MR) is 124 cm³/mol. The van der Waals surface area contributed by atoms with Crippen LogP contribution >= 0.6 is 11.3 Å². The molecule has 0 unspecified atom stereocenters. The number of anilines is 1. The molecule has 4 nitrogen and oxygen atoms in total. The van der Waals surface area contributed by atoms with Crippen molar-refractivity contribution in [3.63, 3.8) is 0 Å². The lowest BCUT2D eigenvalue weighted by Gasteiger charge is -2.31. The van der Waals surface area contributed by atoms with Crippen molar-refractivity contribution in [2.24, 2.45) is 0 Å². The molecule has 1 saturated heterocycles. The highest BCUT2D eigenvalue weighted by Crippen LogP contribution is 2.30. The molecule has 1 aliphatic heterocycles. The summed E-state index contributed by atoms with van der Waals surface area (Å²) in [6.07, 6.45) is 2.12. The van der Waals surface area contributed by atoms with Crippen molar-refractivity contribution >= 4 is 26.3 Å². The van der Waals surface area contributed by atoms with E-state index in [0.29, 0.717) is 17.7 Å². The quantitative estimate of drug-likeness (QED) is 0.554. The van der Waals surface area contributed by atoms with Crippen LogP contribution in [0, 0.1) is 20.8 Å². The first-order chi connectivity index (χ1) is 14.3. The lowest BCUT2D eigenvalue weighted by Crippen LogP contribution is -2.39. The maximum absolute atomic E-state index is 13.0. The smallest absolute Gasteiger partial charge is 0.185 e. The normalized spacial score (nSPS) is 15.5. The van der Waals surface area contributed by atoms with Crippen LogP contribution in [0.15, 0.2) is 52.7 Å². The molecule has 1 aromatic heterocycles. The Morgan fingerprint density at radius 3 is 2.27 bits per heavy atom. The molecule has 2 aromatic carbocycles. The number of rotatable bonds is 5. The number of sulfone groups is 1. The molecule has 0 bridgehead atoms. The van der Waals surface area contributed by atoms with Gasteiger partial charge in [-0.15, -0.1) is 11.3 Å². The summed E-state index contributed by atoms with van der Waals surface area (Å²) >= 11 is 1.66. The van der Waals surface area contributed by atoms with Crippen molar-refractivity contribution in [1.82, 2.24) is 4.98 Å². The van der Waals surface area contributed by atoms with Gasteiger partial charge in [0.05, 0.1) is 15.8 Å². The minimum absolute atomic E-state index is 0.314. The summed E-state index contributed by atoms with van der Waals surface area (Å²) in [7, 11) is -3.27. The van der Waals surface area contributed by atoms with Gasteiger partial charge in [-0.2, -0.15) is 0 Å². The van der Waals surface area contributed by atoms with Crippen molar-refractivity contribution < 1.29 is 8.42 Å². The van der Waals surface area contributed by atoms with Crippen molar-refractivity contribution in [3.05, 3.63) is 75.8 Å². The first kappa shape index (κ1) is 21.1. The summed E-state index contributed by atoms with van der Waals surface area (Å²) in [5.74, 6) is 0. The second-order valence-electron chi connectivity index (χ2n) is 8.21. The van der Waals surface area contributed by atoms with Gasteiger partial charge in [-0.1, -0.05) is 35.9 Å². The molecule has 158 valence electrons. The average molecular weight is 441 g/mol. The van der Waals surface area contributed by atoms with Gasteiger partial charge in [0, 0.05) is 24.9 Å². The maximum Gasteiger partial charge on any atom is 0.185 e. The van der Waals surface area contributed by atoms with Crippen molar-refractivity contribution in [3.8, 4) is 0 Å². The molecule has 2 heterocycles. The predicted octanol–water partition coefficient (Wildman–Crippen LogP) is 5.10. The third-order valence-corrected chi connectivity index (χ3v) is 9.27. The van der Waals surface area contributed by atoms with E-state index >= 15 is 0 Å². The number of nitrogens with zero attached hydrogens (tertiary/aromatic N) is 2. The Bertz CT molecular complexity index is 1110. The summed E-state index contributed by atoms with van der Waals surface area (Å²) in [6, 6.07) is 13.6. The van der Waals surface area contributed by atoms with E-state index < -0.39 is 9.84 Å². The zero-order chi connectivity index (χ0) is 21.3. The molecule has 0 saturated carbocycles. The lowest BCUT2D eigenvalue weighted by atomic mass is 9.99. The largest absolute Gasteiger partial charge is 0.348 e. The van der Waals surface area contributed by atoms with Crippen LogP contribution in [0.5, 0.6) is 0 Å². The van der Waals surface area contributed by atoms with Crippen LogP contribution in [0.3, 0.4) is 0 Å². The van der Waals surface area contributed by atoms with E-state index in [1.807, 2.05) is 19.1 Å². The first-order valence-corrected chi connectivity index (χ1v) is 12.8. The second-order valence-corrected chi connectivity index (χ2v) is 11.3. The van der Waals surface area contributed by atoms with Gasteiger partial charge in [-0.25, -0.2) is 13.4 Å². The molecule has 3 aromatic rings. The Labute approximate surface area is 183 Å². The molecule has 30 heavy (non-hydrogen) atoms. The van der Waals surface area contributed by atoms with E-state index in [4.69, 9.17) is 4.98 Å². The minimum Gasteiger partial charge on any atom is -0.348 e. The van der Waals surface area contributed by atoms with Crippen molar-refractivity contribution in [2.45, 2.75) is 50.2 Å². The molecule has 6 heteroatoms. The van der Waals surface area contributed by atoms with Crippen LogP contribution in [-0.2, 0) is 16.3 Å². The lowest BCUT2D eigenvalue weighted by molar-refractivity contribution is 0.529. The molecule has 0 N–H and O–H groups in total. The van der Waals surface area contributed by atoms with Gasteiger partial charge in [0.25, 0.3) is 0 Å². The summed E-state index contributed by atoms with van der Waals surface area (Å²) < 4.78 is 26.0. The molecular weight excluding hydrogens is 412 g/mol. The highest BCUT2D eigenvalue weighted by Gasteiger charge is 2.32. The van der Waals surface area contributed by atoms with Gasteiger partial charge in [0.1, 0.15) is 0 Å². The molecule has 0 spiro atoms. The van der Waals surface area contributed by atoms with Crippen LogP contribution in [0.4, 0.5) is 5.13 Å². The highest BCUT2D eigenvalue weighted by atomic mass is 32.2. The molecule has 4 rings (SSSR count). The molecule has 0 atom stereocenters. The monoisotopic (exact) mass is 440 g/mol. The van der Waals surface area contributed by atoms with Gasteiger partial charge in [0.2, 0.25) is 0 Å². The summed E-state index contributed by atoms with van der Waals surface area (Å²) in [6.45, 7) is 7.72. The van der Waals surface area contributed by atoms with E-state index in [-0.39, 0.29) is 5.25 Å². The minimum atomic E-state index is -3.27. The molecule has 1 fully saturated rings. The Morgan fingerprint density at radius 2 is 1.63 bits per heavy atom. The number of benzene rings is 2. The number of thiazole rings is 1. The number of aryl methyl sites for hydroxylation is 3. The fourth-order valence-corrected chi connectivity index (χ4v) is 6.72. The Morgan fingerprint density at radius 1 is 1.00 bits per heavy atom. The van der Waals surface area contributed by atoms with Gasteiger partial charge < -0.3 is 4.90 Å². The summed E-state index contributed by atoms with van der Waals surface area (Å²) in [5.41, 5.74) is 6.10. The molecule has 1 aliphatic rings. The second kappa shape index (κ2) is 8.52. The fraction of sp³-hybridized carbons (Fsp3) is 0.375. The van der Waals surface area contributed by atoms with Crippen molar-refractivity contribution in [1.29, 1.82) is 0 Å². The molecular formula is C24H28N2O2S2. The fourth-order valence-electron chi connectivity index (χ4n) is 4.11. The van der Waals surface area contributed by atoms with Crippen molar-refractivity contribution in [2.75, 3.05) is 18.0 Å². The summed E-state index contributed by atoms with van der Waals surface area (Å²) in [5, 5.41) is 2.82. The van der Waals surface area contributed by atoms with Crippen LogP contribution in [0.25, 0.3) is 0 Å². The van der Waals surface area contributed by atoms with Crippen LogP contribution in [-0.4, -0.2) is 31.7 Å². The number of hydrogen-bond donors (Lipinski definition) is 0. The van der Waals surface area contributed by atoms with Crippen LogP contribution in [0.1, 0.15) is 40.8 Å². The molecule has 0 amide bonds. The van der Waals surface area contributed by atoms with E-state index in [2.05, 4.69) is 42.3 Å². The number of hydrogen-bond acceptors (Lipinski definition) is 5. The third-order valence-electron chi connectivity index (χ3n) is 6.04. The Balaban J connectivity index is 1.42. The Hall–Kier alpha value is -2.18. The average Bonchev–Trinajstić information content (AvgIpc) is 3.20. The highest BCUT2D eigenvalue weighted by molar-refractivity contribution is 7.92.